The van der Waals surface area contributed by atoms with Crippen LogP contribution in [0.2, 0.25) is 5.02 Å². The monoisotopic (exact) mass is 356 g/mol. The van der Waals surface area contributed by atoms with Crippen molar-refractivity contribution in [2.75, 3.05) is 0 Å². The Kier molecular flexibility index (Phi) is 4.25. The Balaban J connectivity index is 2.47. The molecule has 104 valence electrons. The molecule has 0 spiro atoms. The van der Waals surface area contributed by atoms with Gasteiger partial charge in [-0.25, -0.2) is 0 Å². The third-order valence-electron chi connectivity index (χ3n) is 2.81. The van der Waals surface area contributed by atoms with Gasteiger partial charge in [0.05, 0.1) is 11.5 Å². The van der Waals surface area contributed by atoms with Gasteiger partial charge in [-0.05, 0) is 40.5 Å². The Hall–Kier alpha value is -1.66. The second-order valence-electron chi connectivity index (χ2n) is 4.31. The normalized spacial score (nSPS) is 10.6. The lowest BCUT2D eigenvalue weighted by atomic mass is 10.2. The molecule has 0 atom stereocenters. The minimum atomic E-state index is -0.491. The highest BCUT2D eigenvalue weighted by atomic mass is 79.9. The van der Waals surface area contributed by atoms with Gasteiger partial charge in [0.15, 0.2) is 0 Å². The van der Waals surface area contributed by atoms with E-state index in [1.54, 1.807) is 19.2 Å². The summed E-state index contributed by atoms with van der Waals surface area (Å²) >= 11 is 9.35. The first-order chi connectivity index (χ1) is 9.38. The molecule has 7 heteroatoms. The first kappa shape index (κ1) is 14.7. The standard InChI is InChI=1S/C13H10BrClN2O3/c1-8-4-10(14)7-16(13(8)18)6-9-5-11(17(19)20)2-3-12(9)15/h2-5,7H,6H2,1H3. The van der Waals surface area contributed by atoms with E-state index < -0.39 is 4.92 Å². The lowest BCUT2D eigenvalue weighted by Gasteiger charge is -2.09. The van der Waals surface area contributed by atoms with Crippen LogP contribution in [0.25, 0.3) is 0 Å². The lowest BCUT2D eigenvalue weighted by molar-refractivity contribution is -0.384. The zero-order valence-electron chi connectivity index (χ0n) is 10.5. The van der Waals surface area contributed by atoms with Crippen LogP contribution in [0.15, 0.2) is 39.7 Å². The summed E-state index contributed by atoms with van der Waals surface area (Å²) in [5.41, 5.74) is 0.904. The van der Waals surface area contributed by atoms with Crippen LogP contribution >= 0.6 is 27.5 Å². The molecule has 1 aromatic heterocycles. The zero-order valence-corrected chi connectivity index (χ0v) is 12.8. The van der Waals surface area contributed by atoms with E-state index in [9.17, 15) is 14.9 Å². The van der Waals surface area contributed by atoms with E-state index in [0.29, 0.717) is 16.1 Å². The van der Waals surface area contributed by atoms with Crippen molar-refractivity contribution >= 4 is 33.2 Å². The quantitative estimate of drug-likeness (QED) is 0.623. The maximum atomic E-state index is 12.0. The lowest BCUT2D eigenvalue weighted by Crippen LogP contribution is -2.22. The second kappa shape index (κ2) is 5.76. The van der Waals surface area contributed by atoms with Gasteiger partial charge in [-0.15, -0.1) is 0 Å². The van der Waals surface area contributed by atoms with Crippen molar-refractivity contribution in [1.29, 1.82) is 0 Å². The Labute approximate surface area is 128 Å². The fourth-order valence-corrected chi connectivity index (χ4v) is 2.60. The van der Waals surface area contributed by atoms with Crippen molar-refractivity contribution in [3.8, 4) is 0 Å². The van der Waals surface area contributed by atoms with Gasteiger partial charge in [-0.1, -0.05) is 11.6 Å². The van der Waals surface area contributed by atoms with E-state index in [4.69, 9.17) is 11.6 Å². The summed E-state index contributed by atoms with van der Waals surface area (Å²) in [6.07, 6.45) is 1.63. The van der Waals surface area contributed by atoms with Crippen LogP contribution in [0.1, 0.15) is 11.1 Å². The number of aromatic nitrogens is 1. The number of nitro benzene ring substituents is 1. The highest BCUT2D eigenvalue weighted by Crippen LogP contribution is 2.23. The summed E-state index contributed by atoms with van der Waals surface area (Å²) in [5.74, 6) is 0. The molecule has 0 aliphatic rings. The molecule has 0 saturated carbocycles. The minimum absolute atomic E-state index is 0.0517. The summed E-state index contributed by atoms with van der Waals surface area (Å²) < 4.78 is 2.22. The molecule has 0 saturated heterocycles. The predicted molar refractivity (Wildman–Crippen MR) is 80.3 cm³/mol. The molecule has 0 aliphatic heterocycles. The SMILES string of the molecule is Cc1cc(Br)cn(Cc2cc([N+](=O)[O-])ccc2Cl)c1=O. The molecule has 0 amide bonds. The molecule has 0 bridgehead atoms. The number of nitrogens with zero attached hydrogens (tertiary/aromatic N) is 2. The molecular formula is C13H10BrClN2O3. The molecular weight excluding hydrogens is 348 g/mol. The smallest absolute Gasteiger partial charge is 0.269 e. The van der Waals surface area contributed by atoms with Crippen molar-refractivity contribution < 1.29 is 4.92 Å². The van der Waals surface area contributed by atoms with Gasteiger partial charge >= 0.3 is 0 Å². The molecule has 0 unspecified atom stereocenters. The number of nitro groups is 1. The Morgan fingerprint density at radius 1 is 1.40 bits per heavy atom. The topological polar surface area (TPSA) is 65.1 Å². The van der Waals surface area contributed by atoms with Crippen LogP contribution in [0.4, 0.5) is 5.69 Å². The first-order valence-corrected chi connectivity index (χ1v) is 6.85. The molecule has 0 aliphatic carbocycles. The molecule has 0 fully saturated rings. The summed E-state index contributed by atoms with van der Waals surface area (Å²) in [7, 11) is 0. The van der Waals surface area contributed by atoms with Crippen LogP contribution in [0, 0.1) is 17.0 Å². The van der Waals surface area contributed by atoms with Gasteiger partial charge in [0.2, 0.25) is 0 Å². The fourth-order valence-electron chi connectivity index (χ4n) is 1.84. The van der Waals surface area contributed by atoms with Gasteiger partial charge in [-0.3, -0.25) is 14.9 Å². The zero-order chi connectivity index (χ0) is 14.9. The number of non-ortho nitro benzene ring substituents is 1. The largest absolute Gasteiger partial charge is 0.310 e. The molecule has 1 heterocycles. The number of pyridine rings is 1. The van der Waals surface area contributed by atoms with Crippen LogP contribution in [0.3, 0.4) is 0 Å². The van der Waals surface area contributed by atoms with E-state index in [-0.39, 0.29) is 17.8 Å². The Morgan fingerprint density at radius 3 is 2.75 bits per heavy atom. The molecule has 0 radical (unpaired) electrons. The number of rotatable bonds is 3. The second-order valence-corrected chi connectivity index (χ2v) is 5.63. The van der Waals surface area contributed by atoms with Gasteiger partial charge in [0.25, 0.3) is 11.2 Å². The van der Waals surface area contributed by atoms with Crippen LogP contribution in [0.5, 0.6) is 0 Å². The molecule has 5 nitrogen and oxygen atoms in total. The summed E-state index contributed by atoms with van der Waals surface area (Å²) in [4.78, 5) is 22.3. The Bertz CT molecular complexity index is 743. The van der Waals surface area contributed by atoms with E-state index in [2.05, 4.69) is 15.9 Å². The van der Waals surface area contributed by atoms with Gasteiger partial charge in [-0.2, -0.15) is 0 Å². The summed E-state index contributed by atoms with van der Waals surface area (Å²) in [5, 5.41) is 11.2. The number of hydrogen-bond acceptors (Lipinski definition) is 3. The fraction of sp³-hybridized carbons (Fsp3) is 0.154. The highest BCUT2D eigenvalue weighted by Gasteiger charge is 2.11. The maximum Gasteiger partial charge on any atom is 0.269 e. The molecule has 20 heavy (non-hydrogen) atoms. The van der Waals surface area contributed by atoms with Crippen LogP contribution in [-0.4, -0.2) is 9.49 Å². The average molecular weight is 358 g/mol. The van der Waals surface area contributed by atoms with Gasteiger partial charge in [0, 0.05) is 33.4 Å². The number of hydrogen-bond donors (Lipinski definition) is 0. The first-order valence-electron chi connectivity index (χ1n) is 5.68. The molecule has 1 aromatic carbocycles. The minimum Gasteiger partial charge on any atom is -0.310 e. The highest BCUT2D eigenvalue weighted by molar-refractivity contribution is 9.10. The van der Waals surface area contributed by atoms with E-state index in [1.807, 2.05) is 0 Å². The number of halogens is 2. The average Bonchev–Trinajstić information content (AvgIpc) is 2.37. The van der Waals surface area contributed by atoms with Crippen LogP contribution in [-0.2, 0) is 6.54 Å². The van der Waals surface area contributed by atoms with Crippen molar-refractivity contribution in [3.63, 3.8) is 0 Å². The summed E-state index contributed by atoms with van der Waals surface area (Å²) in [6, 6.07) is 5.89. The van der Waals surface area contributed by atoms with Crippen molar-refractivity contribution in [3.05, 3.63) is 71.6 Å². The Morgan fingerprint density at radius 2 is 2.10 bits per heavy atom. The van der Waals surface area contributed by atoms with E-state index in [1.165, 1.54) is 22.8 Å². The number of benzene rings is 1. The van der Waals surface area contributed by atoms with Crippen molar-refractivity contribution in [2.24, 2.45) is 0 Å². The maximum absolute atomic E-state index is 12.0. The summed E-state index contributed by atoms with van der Waals surface area (Å²) in [6.45, 7) is 1.89. The van der Waals surface area contributed by atoms with Gasteiger partial charge < -0.3 is 4.57 Å². The molecule has 2 aromatic rings. The third kappa shape index (κ3) is 3.08. The van der Waals surface area contributed by atoms with Crippen LogP contribution < -0.4 is 5.56 Å². The van der Waals surface area contributed by atoms with Crippen molar-refractivity contribution in [1.82, 2.24) is 4.57 Å². The number of aryl methyl sites for hydroxylation is 1. The van der Waals surface area contributed by atoms with Gasteiger partial charge in [0.1, 0.15) is 0 Å². The molecule has 0 N–H and O–H groups in total. The molecule has 2 rings (SSSR count). The predicted octanol–water partition coefficient (Wildman–Crippen LogP) is 3.53. The van der Waals surface area contributed by atoms with E-state index in [0.717, 1.165) is 4.47 Å². The van der Waals surface area contributed by atoms with E-state index >= 15 is 0 Å². The van der Waals surface area contributed by atoms with Crippen molar-refractivity contribution in [2.45, 2.75) is 13.5 Å². The third-order valence-corrected chi connectivity index (χ3v) is 3.61.